The zero-order valence-corrected chi connectivity index (χ0v) is 14.4. The second-order valence-corrected chi connectivity index (χ2v) is 6.07. The third kappa shape index (κ3) is 3.60. The van der Waals surface area contributed by atoms with Gasteiger partial charge < -0.3 is 5.32 Å². The minimum Gasteiger partial charge on any atom is -0.310 e. The van der Waals surface area contributed by atoms with Crippen LogP contribution in [0.4, 0.5) is 0 Å². The van der Waals surface area contributed by atoms with E-state index >= 15 is 0 Å². The maximum Gasteiger partial charge on any atom is 0.130 e. The van der Waals surface area contributed by atoms with E-state index in [2.05, 4.69) is 29.5 Å². The minimum atomic E-state index is 0.200. The fourth-order valence-electron chi connectivity index (χ4n) is 2.55. The third-order valence-corrected chi connectivity index (χ3v) is 4.61. The van der Waals surface area contributed by atoms with Crippen molar-refractivity contribution in [3.63, 3.8) is 0 Å². The lowest BCUT2D eigenvalue weighted by molar-refractivity contribution is 0.548. The summed E-state index contributed by atoms with van der Waals surface area (Å²) >= 11 is 12.5. The molecule has 1 N–H and O–H groups in total. The van der Waals surface area contributed by atoms with Crippen molar-refractivity contribution in [1.29, 1.82) is 0 Å². The Bertz CT molecular complexity index is 635. The highest BCUT2D eigenvalue weighted by Gasteiger charge is 2.18. The fourth-order valence-corrected chi connectivity index (χ4v) is 2.92. The van der Waals surface area contributed by atoms with Gasteiger partial charge >= 0.3 is 0 Å². The summed E-state index contributed by atoms with van der Waals surface area (Å²) in [5.74, 6) is 0. The molecule has 0 bridgehead atoms. The molecule has 21 heavy (non-hydrogen) atoms. The van der Waals surface area contributed by atoms with Crippen LogP contribution in [0.2, 0.25) is 10.2 Å². The number of nitrogens with zero attached hydrogens (tertiary/aromatic N) is 2. The smallest absolute Gasteiger partial charge is 0.130 e. The van der Waals surface area contributed by atoms with Gasteiger partial charge in [0.2, 0.25) is 0 Å². The van der Waals surface area contributed by atoms with Crippen molar-refractivity contribution in [3.05, 3.63) is 50.8 Å². The van der Waals surface area contributed by atoms with Gasteiger partial charge in [-0.2, -0.15) is 5.10 Å². The molecular weight excluding hydrogens is 305 g/mol. The van der Waals surface area contributed by atoms with Gasteiger partial charge in [0, 0.05) is 23.7 Å². The Morgan fingerprint density at radius 2 is 2.00 bits per heavy atom. The summed E-state index contributed by atoms with van der Waals surface area (Å²) < 4.78 is 1.72. The first-order valence-electron chi connectivity index (χ1n) is 7.11. The summed E-state index contributed by atoms with van der Waals surface area (Å²) in [6, 6.07) is 6.36. The number of halogens is 2. The van der Waals surface area contributed by atoms with Crippen molar-refractivity contribution >= 4 is 23.2 Å². The average molecular weight is 326 g/mol. The van der Waals surface area contributed by atoms with E-state index in [9.17, 15) is 0 Å². The Hall–Kier alpha value is -1.03. The molecule has 2 aromatic rings. The van der Waals surface area contributed by atoms with Crippen molar-refractivity contribution in [1.82, 2.24) is 15.1 Å². The first-order chi connectivity index (χ1) is 9.93. The molecule has 3 nitrogen and oxygen atoms in total. The second kappa shape index (κ2) is 6.82. The van der Waals surface area contributed by atoms with Crippen molar-refractivity contribution in [3.8, 4) is 0 Å². The van der Waals surface area contributed by atoms with E-state index in [4.69, 9.17) is 23.2 Å². The molecule has 0 saturated heterocycles. The molecule has 0 aliphatic rings. The molecule has 0 amide bonds. The van der Waals surface area contributed by atoms with Gasteiger partial charge in [-0.15, -0.1) is 0 Å². The molecule has 5 heteroatoms. The highest BCUT2D eigenvalue weighted by Crippen LogP contribution is 2.27. The van der Waals surface area contributed by atoms with Crippen LogP contribution in [-0.2, 0) is 13.5 Å². The molecule has 0 radical (unpaired) electrons. The summed E-state index contributed by atoms with van der Waals surface area (Å²) in [4.78, 5) is 0. The van der Waals surface area contributed by atoms with Crippen LogP contribution >= 0.6 is 23.2 Å². The van der Waals surface area contributed by atoms with Crippen LogP contribution < -0.4 is 5.32 Å². The SMILES string of the molecule is CCNC(Cc1c(C)nn(C)c1Cl)c1ccc(Cl)c(C)c1. The van der Waals surface area contributed by atoms with E-state index in [1.165, 1.54) is 5.56 Å². The molecule has 0 fully saturated rings. The highest BCUT2D eigenvalue weighted by atomic mass is 35.5. The zero-order valence-electron chi connectivity index (χ0n) is 12.9. The lowest BCUT2D eigenvalue weighted by Gasteiger charge is -2.19. The number of aromatic nitrogens is 2. The fraction of sp³-hybridized carbons (Fsp3) is 0.438. The number of rotatable bonds is 5. The summed E-state index contributed by atoms with van der Waals surface area (Å²) in [6.07, 6.45) is 0.813. The van der Waals surface area contributed by atoms with Crippen LogP contribution in [0.25, 0.3) is 0 Å². The molecule has 0 saturated carbocycles. The molecule has 0 aliphatic carbocycles. The molecule has 1 unspecified atom stereocenters. The summed E-state index contributed by atoms with van der Waals surface area (Å²) in [5, 5.41) is 9.41. The highest BCUT2D eigenvalue weighted by molar-refractivity contribution is 6.31. The van der Waals surface area contributed by atoms with E-state index in [0.717, 1.165) is 34.8 Å². The standard InChI is InChI=1S/C16H21Cl2N3/c1-5-19-15(12-6-7-14(17)10(2)8-12)9-13-11(3)20-21(4)16(13)18/h6-8,15,19H,5,9H2,1-4H3. The van der Waals surface area contributed by atoms with E-state index in [0.29, 0.717) is 5.15 Å². The van der Waals surface area contributed by atoms with E-state index in [-0.39, 0.29) is 6.04 Å². The monoisotopic (exact) mass is 325 g/mol. The quantitative estimate of drug-likeness (QED) is 0.891. The van der Waals surface area contributed by atoms with Gasteiger partial charge in [-0.25, -0.2) is 0 Å². The van der Waals surface area contributed by atoms with Crippen LogP contribution in [-0.4, -0.2) is 16.3 Å². The van der Waals surface area contributed by atoms with E-state index in [1.807, 2.05) is 27.0 Å². The molecule has 1 aromatic carbocycles. The van der Waals surface area contributed by atoms with Crippen molar-refractivity contribution in [2.24, 2.45) is 7.05 Å². The summed E-state index contributed by atoms with van der Waals surface area (Å²) in [5.41, 5.74) is 4.39. The normalized spacial score (nSPS) is 12.7. The summed E-state index contributed by atoms with van der Waals surface area (Å²) in [7, 11) is 1.87. The maximum atomic E-state index is 6.35. The summed E-state index contributed by atoms with van der Waals surface area (Å²) in [6.45, 7) is 7.02. The number of likely N-dealkylation sites (N-methyl/N-ethyl adjacent to an activating group) is 1. The molecule has 1 heterocycles. The predicted octanol–water partition coefficient (Wildman–Crippen LogP) is 4.24. The number of hydrogen-bond donors (Lipinski definition) is 1. The first-order valence-corrected chi connectivity index (χ1v) is 7.87. The predicted molar refractivity (Wildman–Crippen MR) is 89.3 cm³/mol. The number of hydrogen-bond acceptors (Lipinski definition) is 2. The van der Waals surface area contributed by atoms with E-state index in [1.54, 1.807) is 4.68 Å². The molecule has 1 aromatic heterocycles. The molecule has 0 spiro atoms. The zero-order chi connectivity index (χ0) is 15.6. The Morgan fingerprint density at radius 1 is 1.29 bits per heavy atom. The maximum absolute atomic E-state index is 6.35. The van der Waals surface area contributed by atoms with Crippen LogP contribution in [0.5, 0.6) is 0 Å². The lowest BCUT2D eigenvalue weighted by Crippen LogP contribution is -2.23. The van der Waals surface area contributed by atoms with Gasteiger partial charge in [0.25, 0.3) is 0 Å². The van der Waals surface area contributed by atoms with Crippen molar-refractivity contribution in [2.45, 2.75) is 33.2 Å². The lowest BCUT2D eigenvalue weighted by atomic mass is 9.98. The molecule has 1 atom stereocenters. The topological polar surface area (TPSA) is 29.9 Å². The minimum absolute atomic E-state index is 0.200. The number of benzene rings is 1. The average Bonchev–Trinajstić information content (AvgIpc) is 2.68. The van der Waals surface area contributed by atoms with Gasteiger partial charge in [0.05, 0.1) is 5.69 Å². The van der Waals surface area contributed by atoms with Crippen LogP contribution in [0.3, 0.4) is 0 Å². The van der Waals surface area contributed by atoms with Gasteiger partial charge in [0.1, 0.15) is 5.15 Å². The first kappa shape index (κ1) is 16.3. The number of nitrogens with one attached hydrogen (secondary N) is 1. The van der Waals surface area contributed by atoms with Crippen LogP contribution in [0.15, 0.2) is 18.2 Å². The van der Waals surface area contributed by atoms with Gasteiger partial charge in [0.15, 0.2) is 0 Å². The third-order valence-electron chi connectivity index (χ3n) is 3.71. The van der Waals surface area contributed by atoms with Crippen molar-refractivity contribution in [2.75, 3.05) is 6.54 Å². The van der Waals surface area contributed by atoms with Crippen LogP contribution in [0, 0.1) is 13.8 Å². The van der Waals surface area contributed by atoms with Gasteiger partial charge in [-0.1, -0.05) is 42.3 Å². The van der Waals surface area contributed by atoms with Crippen molar-refractivity contribution < 1.29 is 0 Å². The molecule has 0 aliphatic heterocycles. The second-order valence-electron chi connectivity index (χ2n) is 5.30. The Balaban J connectivity index is 2.32. The Kier molecular flexibility index (Phi) is 5.31. The molecular formula is C16H21Cl2N3. The van der Waals surface area contributed by atoms with Gasteiger partial charge in [-0.3, -0.25) is 4.68 Å². The van der Waals surface area contributed by atoms with E-state index < -0.39 is 0 Å². The van der Waals surface area contributed by atoms with Gasteiger partial charge in [-0.05, 0) is 44.0 Å². The Labute approximate surface area is 136 Å². The number of aryl methyl sites for hydroxylation is 3. The van der Waals surface area contributed by atoms with Crippen LogP contribution in [0.1, 0.15) is 35.3 Å². The largest absolute Gasteiger partial charge is 0.310 e. The molecule has 2 rings (SSSR count). The Morgan fingerprint density at radius 3 is 2.52 bits per heavy atom. The molecule has 114 valence electrons.